The van der Waals surface area contributed by atoms with Crippen molar-refractivity contribution in [2.24, 2.45) is 39.4 Å². The predicted octanol–water partition coefficient (Wildman–Crippen LogP) is 7.63. The fraction of sp³-hybridized carbons (Fsp3) is 0.839. The molecule has 34 heavy (non-hydrogen) atoms. The molecule has 0 aliphatic heterocycles. The average molecular weight is 471 g/mol. The Kier molecular flexibility index (Phi) is 6.71. The summed E-state index contributed by atoms with van der Waals surface area (Å²) >= 11 is 0. The van der Waals surface area contributed by atoms with Gasteiger partial charge in [0.25, 0.3) is 0 Å². The largest absolute Gasteiger partial charge is 0.469 e. The number of hydrogen-bond donors (Lipinski definition) is 1. The standard InChI is InChI=1S/C31H50O3/c1-20(2)10-9-11-21(27(33)34-8)22-14-18-31(7)24-12-13-25-28(3,4)26(32)16-17-29(25,5)23(24)15-19-30(22,31)6/h10,21-22,25-26,32H,9,11-19H2,1-8H3. The molecular weight excluding hydrogens is 420 g/mol. The molecule has 3 nitrogen and oxygen atoms in total. The molecule has 192 valence electrons. The summed E-state index contributed by atoms with van der Waals surface area (Å²) in [5.41, 5.74) is 5.30. The average Bonchev–Trinajstić information content (AvgIpc) is 3.05. The molecule has 0 aromatic heterocycles. The zero-order chi connectivity index (χ0) is 25.1. The maximum Gasteiger partial charge on any atom is 0.308 e. The van der Waals surface area contributed by atoms with Crippen LogP contribution in [-0.4, -0.2) is 24.3 Å². The predicted molar refractivity (Wildman–Crippen MR) is 139 cm³/mol. The lowest BCUT2D eigenvalue weighted by Crippen LogP contribution is -2.55. The summed E-state index contributed by atoms with van der Waals surface area (Å²) in [6.45, 7) is 16.5. The second-order valence-electron chi connectivity index (χ2n) is 13.7. The smallest absolute Gasteiger partial charge is 0.308 e. The lowest BCUT2D eigenvalue weighted by atomic mass is 9.43. The summed E-state index contributed by atoms with van der Waals surface area (Å²) in [5, 5.41) is 10.8. The summed E-state index contributed by atoms with van der Waals surface area (Å²) in [5.74, 6) is 0.931. The molecular formula is C31H50O3. The van der Waals surface area contributed by atoms with Crippen LogP contribution in [0.5, 0.6) is 0 Å². The molecule has 0 aromatic carbocycles. The Labute approximate surface area is 208 Å². The molecule has 0 bridgehead atoms. The molecule has 0 saturated heterocycles. The highest BCUT2D eigenvalue weighted by atomic mass is 16.5. The van der Waals surface area contributed by atoms with E-state index in [1.165, 1.54) is 37.7 Å². The van der Waals surface area contributed by atoms with Crippen LogP contribution in [0.1, 0.15) is 113 Å². The molecule has 0 spiro atoms. The highest BCUT2D eigenvalue weighted by Crippen LogP contribution is 2.72. The first-order valence-corrected chi connectivity index (χ1v) is 13.9. The van der Waals surface area contributed by atoms with Crippen molar-refractivity contribution in [2.75, 3.05) is 7.11 Å². The Morgan fingerprint density at radius 2 is 1.74 bits per heavy atom. The van der Waals surface area contributed by atoms with E-state index in [2.05, 4.69) is 54.5 Å². The van der Waals surface area contributed by atoms with Crippen molar-refractivity contribution in [2.45, 2.75) is 119 Å². The lowest BCUT2D eigenvalue weighted by Gasteiger charge is -2.62. The zero-order valence-corrected chi connectivity index (χ0v) is 23.2. The normalized spacial score (nSPS) is 41.7. The fourth-order valence-corrected chi connectivity index (χ4v) is 9.55. The van der Waals surface area contributed by atoms with E-state index in [4.69, 9.17) is 4.74 Å². The van der Waals surface area contributed by atoms with E-state index in [0.29, 0.717) is 11.8 Å². The van der Waals surface area contributed by atoms with Crippen molar-refractivity contribution in [3.63, 3.8) is 0 Å². The van der Waals surface area contributed by atoms with Crippen LogP contribution >= 0.6 is 0 Å². The van der Waals surface area contributed by atoms with Crippen molar-refractivity contribution in [1.82, 2.24) is 0 Å². The van der Waals surface area contributed by atoms with Crippen molar-refractivity contribution in [1.29, 1.82) is 0 Å². The fourth-order valence-electron chi connectivity index (χ4n) is 9.55. The number of hydrogen-bond acceptors (Lipinski definition) is 3. The van der Waals surface area contributed by atoms with Crippen molar-refractivity contribution in [3.05, 3.63) is 22.8 Å². The number of rotatable bonds is 5. The third-order valence-electron chi connectivity index (χ3n) is 11.8. The van der Waals surface area contributed by atoms with Crippen LogP contribution in [0, 0.1) is 39.4 Å². The lowest BCUT2D eigenvalue weighted by molar-refractivity contribution is -0.150. The van der Waals surface area contributed by atoms with E-state index in [-0.39, 0.29) is 39.7 Å². The van der Waals surface area contributed by atoms with Crippen LogP contribution < -0.4 is 0 Å². The maximum atomic E-state index is 13.0. The summed E-state index contributed by atoms with van der Waals surface area (Å²) in [4.78, 5) is 13.0. The molecule has 2 fully saturated rings. The summed E-state index contributed by atoms with van der Waals surface area (Å²) in [6, 6.07) is 0. The van der Waals surface area contributed by atoms with Gasteiger partial charge in [0.2, 0.25) is 0 Å². The van der Waals surface area contributed by atoms with Crippen molar-refractivity contribution in [3.8, 4) is 0 Å². The monoisotopic (exact) mass is 470 g/mol. The minimum Gasteiger partial charge on any atom is -0.469 e. The van der Waals surface area contributed by atoms with Gasteiger partial charge in [-0.1, -0.05) is 57.4 Å². The Morgan fingerprint density at radius 1 is 1.03 bits per heavy atom. The van der Waals surface area contributed by atoms with Gasteiger partial charge in [0, 0.05) is 0 Å². The third-order valence-corrected chi connectivity index (χ3v) is 11.8. The molecule has 4 aliphatic rings. The molecule has 2 saturated carbocycles. The van der Waals surface area contributed by atoms with E-state index >= 15 is 0 Å². The first-order valence-electron chi connectivity index (χ1n) is 13.9. The van der Waals surface area contributed by atoms with Gasteiger partial charge in [-0.15, -0.1) is 0 Å². The topological polar surface area (TPSA) is 46.5 Å². The molecule has 0 heterocycles. The third kappa shape index (κ3) is 3.66. The van der Waals surface area contributed by atoms with Gasteiger partial charge in [-0.3, -0.25) is 4.79 Å². The van der Waals surface area contributed by atoms with Crippen molar-refractivity contribution >= 4 is 5.97 Å². The number of aliphatic hydroxyl groups excluding tert-OH is 1. The van der Waals surface area contributed by atoms with Gasteiger partial charge >= 0.3 is 5.97 Å². The molecule has 0 amide bonds. The van der Waals surface area contributed by atoms with Crippen molar-refractivity contribution < 1.29 is 14.6 Å². The number of ether oxygens (including phenoxy) is 1. The SMILES string of the molecule is COC(=O)C(CCC=C(C)C)C1CCC2(C)C3=C(CCC12C)C1(C)CCC(O)C(C)(C)C1CC3. The van der Waals surface area contributed by atoms with Gasteiger partial charge in [-0.2, -0.15) is 0 Å². The Balaban J connectivity index is 1.70. The number of methoxy groups -OCH3 is 1. The van der Waals surface area contributed by atoms with E-state index in [0.717, 1.165) is 32.1 Å². The van der Waals surface area contributed by atoms with Gasteiger partial charge in [-0.05, 0) is 112 Å². The molecule has 0 radical (unpaired) electrons. The first-order chi connectivity index (χ1) is 15.8. The van der Waals surface area contributed by atoms with Crippen LogP contribution in [0.4, 0.5) is 0 Å². The van der Waals surface area contributed by atoms with E-state index < -0.39 is 0 Å². The molecule has 4 rings (SSSR count). The van der Waals surface area contributed by atoms with Crippen LogP contribution in [-0.2, 0) is 9.53 Å². The van der Waals surface area contributed by atoms with Gasteiger partial charge in [0.1, 0.15) is 0 Å². The number of fused-ring (bicyclic) bond motifs is 4. The quantitative estimate of drug-likeness (QED) is 0.332. The van der Waals surface area contributed by atoms with E-state index in [1.807, 2.05) is 0 Å². The molecule has 0 aromatic rings. The van der Waals surface area contributed by atoms with Crippen LogP contribution in [0.15, 0.2) is 22.8 Å². The number of esters is 1. The van der Waals surface area contributed by atoms with Gasteiger partial charge < -0.3 is 9.84 Å². The van der Waals surface area contributed by atoms with E-state index in [1.54, 1.807) is 18.3 Å². The Bertz CT molecular complexity index is 877. The number of carbonyl (C=O) groups is 1. The van der Waals surface area contributed by atoms with Gasteiger partial charge in [-0.25, -0.2) is 0 Å². The molecule has 4 aliphatic carbocycles. The highest BCUT2D eigenvalue weighted by molar-refractivity contribution is 5.73. The van der Waals surface area contributed by atoms with E-state index in [9.17, 15) is 9.90 Å². The minimum atomic E-state index is -0.186. The highest BCUT2D eigenvalue weighted by Gasteiger charge is 2.64. The zero-order valence-electron chi connectivity index (χ0n) is 23.2. The molecule has 7 unspecified atom stereocenters. The number of allylic oxidation sites excluding steroid dienone is 4. The van der Waals surface area contributed by atoms with Crippen LogP contribution in [0.2, 0.25) is 0 Å². The van der Waals surface area contributed by atoms with Crippen LogP contribution in [0.25, 0.3) is 0 Å². The second-order valence-corrected chi connectivity index (χ2v) is 13.7. The number of aliphatic hydroxyl groups is 1. The maximum absolute atomic E-state index is 13.0. The summed E-state index contributed by atoms with van der Waals surface area (Å²) in [7, 11) is 1.57. The van der Waals surface area contributed by atoms with Crippen LogP contribution in [0.3, 0.4) is 0 Å². The summed E-state index contributed by atoms with van der Waals surface area (Å²) in [6.07, 6.45) is 13.0. The van der Waals surface area contributed by atoms with Gasteiger partial charge in [0.05, 0.1) is 19.1 Å². The number of carbonyl (C=O) groups excluding carboxylic acids is 1. The second kappa shape index (κ2) is 8.79. The first kappa shape index (κ1) is 26.0. The Morgan fingerprint density at radius 3 is 2.38 bits per heavy atom. The molecule has 3 heteroatoms. The van der Waals surface area contributed by atoms with Gasteiger partial charge in [0.15, 0.2) is 0 Å². The molecule has 1 N–H and O–H groups in total. The molecule has 7 atom stereocenters. The minimum absolute atomic E-state index is 0.00362. The Hall–Kier alpha value is -1.09. The summed E-state index contributed by atoms with van der Waals surface area (Å²) < 4.78 is 5.37.